The van der Waals surface area contributed by atoms with Gasteiger partial charge in [0.25, 0.3) is 0 Å². The van der Waals surface area contributed by atoms with Crippen molar-refractivity contribution in [3.8, 4) is 0 Å². The largest absolute Gasteiger partial charge is 0.392 e. The molecule has 1 N–H and O–H groups in total. The highest BCUT2D eigenvalue weighted by Crippen LogP contribution is 2.35. The van der Waals surface area contributed by atoms with Crippen LogP contribution in [0.5, 0.6) is 0 Å². The van der Waals surface area contributed by atoms with E-state index in [0.29, 0.717) is 5.25 Å². The number of rotatable bonds is 2. The molecule has 2 aromatic rings. The van der Waals surface area contributed by atoms with Crippen LogP contribution in [-0.4, -0.2) is 16.5 Å². The van der Waals surface area contributed by atoms with Gasteiger partial charge in [-0.1, -0.05) is 43.2 Å². The summed E-state index contributed by atoms with van der Waals surface area (Å²) < 4.78 is 0. The van der Waals surface area contributed by atoms with Gasteiger partial charge in [-0.15, -0.1) is 11.8 Å². The van der Waals surface area contributed by atoms with Gasteiger partial charge in [-0.05, 0) is 35.7 Å². The van der Waals surface area contributed by atoms with Crippen molar-refractivity contribution < 1.29 is 5.11 Å². The number of benzene rings is 2. The predicted molar refractivity (Wildman–Crippen MR) is 78.1 cm³/mol. The molecular formula is C16H18OS. The summed E-state index contributed by atoms with van der Waals surface area (Å²) in [5, 5.41) is 13.0. The fraction of sp³-hybridized carbons (Fsp3) is 0.375. The molecule has 2 heteroatoms. The van der Waals surface area contributed by atoms with Crippen LogP contribution < -0.4 is 0 Å². The molecule has 2 atom stereocenters. The Bertz CT molecular complexity index is 537. The minimum Gasteiger partial charge on any atom is -0.392 e. The lowest BCUT2D eigenvalue weighted by Gasteiger charge is -2.27. The molecule has 0 spiro atoms. The van der Waals surface area contributed by atoms with Crippen LogP contribution in [0.4, 0.5) is 0 Å². The topological polar surface area (TPSA) is 20.2 Å². The van der Waals surface area contributed by atoms with E-state index in [1.807, 2.05) is 11.8 Å². The van der Waals surface area contributed by atoms with Gasteiger partial charge in [-0.25, -0.2) is 0 Å². The Morgan fingerprint density at radius 2 is 1.72 bits per heavy atom. The normalized spacial score (nSPS) is 24.3. The van der Waals surface area contributed by atoms with Crippen molar-refractivity contribution in [2.24, 2.45) is 0 Å². The van der Waals surface area contributed by atoms with Crippen LogP contribution >= 0.6 is 11.8 Å². The Labute approximate surface area is 112 Å². The van der Waals surface area contributed by atoms with E-state index in [1.54, 1.807) is 0 Å². The maximum atomic E-state index is 10.0. The molecule has 0 saturated heterocycles. The molecule has 0 heterocycles. The molecule has 94 valence electrons. The molecule has 0 aliphatic heterocycles. The highest BCUT2D eigenvalue weighted by atomic mass is 32.2. The third-order valence-corrected chi connectivity index (χ3v) is 5.05. The van der Waals surface area contributed by atoms with Crippen LogP contribution in [0.2, 0.25) is 0 Å². The SMILES string of the molecule is OC1CCCCC1Sc1ccc2ccccc2c1. The van der Waals surface area contributed by atoms with Crippen LogP contribution in [0.3, 0.4) is 0 Å². The van der Waals surface area contributed by atoms with E-state index in [4.69, 9.17) is 0 Å². The Balaban J connectivity index is 1.81. The fourth-order valence-corrected chi connectivity index (χ4v) is 3.90. The number of hydrogen-bond donors (Lipinski definition) is 1. The Hall–Kier alpha value is -0.990. The summed E-state index contributed by atoms with van der Waals surface area (Å²) in [6.45, 7) is 0. The number of fused-ring (bicyclic) bond motifs is 1. The van der Waals surface area contributed by atoms with E-state index in [9.17, 15) is 5.11 Å². The van der Waals surface area contributed by atoms with Crippen LogP contribution in [0.25, 0.3) is 10.8 Å². The van der Waals surface area contributed by atoms with Crippen molar-refractivity contribution in [3.05, 3.63) is 42.5 Å². The number of aliphatic hydroxyl groups excluding tert-OH is 1. The van der Waals surface area contributed by atoms with Crippen LogP contribution in [0.15, 0.2) is 47.4 Å². The Kier molecular flexibility index (Phi) is 3.57. The first-order valence-electron chi connectivity index (χ1n) is 6.66. The van der Waals surface area contributed by atoms with Gasteiger partial charge < -0.3 is 5.11 Å². The third kappa shape index (κ3) is 2.55. The van der Waals surface area contributed by atoms with Crippen molar-refractivity contribution in [2.75, 3.05) is 0 Å². The highest BCUT2D eigenvalue weighted by molar-refractivity contribution is 8.00. The minimum atomic E-state index is -0.129. The third-order valence-electron chi connectivity index (χ3n) is 3.68. The van der Waals surface area contributed by atoms with E-state index in [1.165, 1.54) is 28.5 Å². The zero-order valence-electron chi connectivity index (χ0n) is 10.4. The number of hydrogen-bond acceptors (Lipinski definition) is 2. The van der Waals surface area contributed by atoms with Gasteiger partial charge >= 0.3 is 0 Å². The summed E-state index contributed by atoms with van der Waals surface area (Å²) in [6.07, 6.45) is 4.40. The fourth-order valence-electron chi connectivity index (χ4n) is 2.63. The zero-order chi connectivity index (χ0) is 12.4. The molecular weight excluding hydrogens is 240 g/mol. The predicted octanol–water partition coefficient (Wildman–Crippen LogP) is 4.24. The van der Waals surface area contributed by atoms with Gasteiger partial charge in [0.05, 0.1) is 6.10 Å². The number of aliphatic hydroxyl groups is 1. The van der Waals surface area contributed by atoms with Gasteiger partial charge in [0, 0.05) is 10.1 Å². The van der Waals surface area contributed by atoms with Gasteiger partial charge in [-0.3, -0.25) is 0 Å². The Morgan fingerprint density at radius 1 is 0.944 bits per heavy atom. The first kappa shape index (κ1) is 12.1. The van der Waals surface area contributed by atoms with Crippen molar-refractivity contribution in [3.63, 3.8) is 0 Å². The smallest absolute Gasteiger partial charge is 0.0662 e. The van der Waals surface area contributed by atoms with Crippen molar-refractivity contribution >= 4 is 22.5 Å². The second-order valence-corrected chi connectivity index (χ2v) is 6.33. The van der Waals surface area contributed by atoms with E-state index < -0.39 is 0 Å². The van der Waals surface area contributed by atoms with Gasteiger partial charge in [0.15, 0.2) is 0 Å². The summed E-state index contributed by atoms with van der Waals surface area (Å²) in [6, 6.07) is 15.0. The first-order valence-corrected chi connectivity index (χ1v) is 7.54. The average molecular weight is 258 g/mol. The van der Waals surface area contributed by atoms with Crippen molar-refractivity contribution in [1.29, 1.82) is 0 Å². The average Bonchev–Trinajstić information content (AvgIpc) is 2.41. The molecule has 1 fully saturated rings. The molecule has 2 unspecified atom stereocenters. The minimum absolute atomic E-state index is 0.129. The molecule has 0 aromatic heterocycles. The molecule has 1 aliphatic carbocycles. The van der Waals surface area contributed by atoms with Gasteiger partial charge in [0.2, 0.25) is 0 Å². The second kappa shape index (κ2) is 5.33. The summed E-state index contributed by atoms with van der Waals surface area (Å²) in [4.78, 5) is 1.28. The highest BCUT2D eigenvalue weighted by Gasteiger charge is 2.23. The standard InChI is InChI=1S/C16H18OS/c17-15-7-3-4-8-16(15)18-14-10-9-12-5-1-2-6-13(12)11-14/h1-2,5-6,9-11,15-17H,3-4,7-8H2. The van der Waals surface area contributed by atoms with Crippen LogP contribution in [0.1, 0.15) is 25.7 Å². The molecule has 0 bridgehead atoms. The van der Waals surface area contributed by atoms with Crippen LogP contribution in [-0.2, 0) is 0 Å². The molecule has 1 saturated carbocycles. The number of thioether (sulfide) groups is 1. The molecule has 1 nitrogen and oxygen atoms in total. The molecule has 0 amide bonds. The van der Waals surface area contributed by atoms with Gasteiger partial charge in [-0.2, -0.15) is 0 Å². The van der Waals surface area contributed by atoms with Crippen LogP contribution in [0, 0.1) is 0 Å². The van der Waals surface area contributed by atoms with Crippen molar-refractivity contribution in [1.82, 2.24) is 0 Å². The zero-order valence-corrected chi connectivity index (χ0v) is 11.2. The maximum absolute atomic E-state index is 10.0. The first-order chi connectivity index (χ1) is 8.83. The quantitative estimate of drug-likeness (QED) is 0.869. The molecule has 18 heavy (non-hydrogen) atoms. The Morgan fingerprint density at radius 3 is 2.56 bits per heavy atom. The summed E-state index contributed by atoms with van der Waals surface area (Å²) >= 11 is 1.84. The molecule has 3 rings (SSSR count). The summed E-state index contributed by atoms with van der Waals surface area (Å²) in [5.41, 5.74) is 0. The van der Waals surface area contributed by atoms with E-state index in [2.05, 4.69) is 42.5 Å². The van der Waals surface area contributed by atoms with Crippen molar-refractivity contribution in [2.45, 2.75) is 41.9 Å². The van der Waals surface area contributed by atoms with E-state index in [0.717, 1.165) is 12.8 Å². The lowest BCUT2D eigenvalue weighted by atomic mass is 9.97. The van der Waals surface area contributed by atoms with Gasteiger partial charge in [0.1, 0.15) is 0 Å². The lowest BCUT2D eigenvalue weighted by Crippen LogP contribution is -2.26. The molecule has 1 aliphatic rings. The summed E-state index contributed by atoms with van der Waals surface area (Å²) in [5.74, 6) is 0. The molecule has 0 radical (unpaired) electrons. The lowest BCUT2D eigenvalue weighted by molar-refractivity contribution is 0.137. The monoisotopic (exact) mass is 258 g/mol. The molecule has 2 aromatic carbocycles. The summed E-state index contributed by atoms with van der Waals surface area (Å²) in [7, 11) is 0. The maximum Gasteiger partial charge on any atom is 0.0662 e. The second-order valence-electron chi connectivity index (χ2n) is 5.02. The van der Waals surface area contributed by atoms with E-state index in [-0.39, 0.29) is 6.10 Å². The van der Waals surface area contributed by atoms with E-state index >= 15 is 0 Å².